The Morgan fingerprint density at radius 2 is 1.70 bits per heavy atom. The summed E-state index contributed by atoms with van der Waals surface area (Å²) in [6.07, 6.45) is 1.43. The number of para-hydroxylation sites is 2. The summed E-state index contributed by atoms with van der Waals surface area (Å²) in [5, 5.41) is 14.9. The molecule has 0 unspecified atom stereocenters. The zero-order valence-corrected chi connectivity index (χ0v) is 16.2. The van der Waals surface area contributed by atoms with Crippen molar-refractivity contribution in [3.63, 3.8) is 0 Å². The van der Waals surface area contributed by atoms with Crippen molar-refractivity contribution in [2.45, 2.75) is 6.54 Å². The number of nitrogens with one attached hydrogen (secondary N) is 1. The molecule has 0 aliphatic carbocycles. The lowest BCUT2D eigenvalue weighted by Crippen LogP contribution is -2.25. The highest BCUT2D eigenvalue weighted by molar-refractivity contribution is 5.95. The quantitative estimate of drug-likeness (QED) is 0.305. The molecule has 0 saturated heterocycles. The van der Waals surface area contributed by atoms with E-state index in [-0.39, 0.29) is 23.6 Å². The van der Waals surface area contributed by atoms with Crippen LogP contribution < -0.4 is 15.6 Å². The zero-order valence-electron chi connectivity index (χ0n) is 16.2. The Labute approximate surface area is 171 Å². The first kappa shape index (κ1) is 19.2. The molecule has 0 radical (unpaired) electrons. The van der Waals surface area contributed by atoms with Crippen LogP contribution in [0.1, 0.15) is 5.56 Å². The molecule has 0 atom stereocenters. The van der Waals surface area contributed by atoms with Crippen LogP contribution in [0.5, 0.6) is 11.5 Å². The van der Waals surface area contributed by atoms with Gasteiger partial charge >= 0.3 is 0 Å². The van der Waals surface area contributed by atoms with Crippen LogP contribution in [0, 0.1) is 0 Å². The van der Waals surface area contributed by atoms with Crippen molar-refractivity contribution in [2.24, 2.45) is 5.10 Å². The molecule has 0 spiro atoms. The Hall–Kier alpha value is -4.13. The van der Waals surface area contributed by atoms with E-state index in [1.54, 1.807) is 41.0 Å². The van der Waals surface area contributed by atoms with Crippen molar-refractivity contribution >= 4 is 33.9 Å². The van der Waals surface area contributed by atoms with E-state index in [0.717, 1.165) is 0 Å². The SMILES string of the molecule is COc1ccc(/C=N\NC(=O)Cn2c3ccccc3c(=O)c3ccccc32)cc1O. The van der Waals surface area contributed by atoms with Gasteiger partial charge in [-0.3, -0.25) is 9.59 Å². The molecule has 1 heterocycles. The minimum atomic E-state index is -0.345. The standard InChI is InChI=1S/C23H19N3O4/c1-30-21-11-10-15(12-20(21)27)13-24-25-22(28)14-26-18-8-4-2-6-16(18)23(29)17-7-3-5-9-19(17)26/h2-13,27H,14H2,1H3,(H,25,28)/b24-13-. The monoisotopic (exact) mass is 401 g/mol. The van der Waals surface area contributed by atoms with Gasteiger partial charge in [-0.1, -0.05) is 24.3 Å². The van der Waals surface area contributed by atoms with Crippen molar-refractivity contribution in [1.82, 2.24) is 9.99 Å². The van der Waals surface area contributed by atoms with Crippen LogP contribution in [0.3, 0.4) is 0 Å². The fourth-order valence-corrected chi connectivity index (χ4v) is 3.39. The fourth-order valence-electron chi connectivity index (χ4n) is 3.39. The Morgan fingerprint density at radius 1 is 1.07 bits per heavy atom. The van der Waals surface area contributed by atoms with Gasteiger partial charge in [0.15, 0.2) is 16.9 Å². The number of ether oxygens (including phenoxy) is 1. The van der Waals surface area contributed by atoms with Crippen LogP contribution in [0.25, 0.3) is 21.8 Å². The summed E-state index contributed by atoms with van der Waals surface area (Å²) in [4.78, 5) is 25.3. The van der Waals surface area contributed by atoms with Gasteiger partial charge < -0.3 is 14.4 Å². The van der Waals surface area contributed by atoms with E-state index in [1.165, 1.54) is 19.4 Å². The third-order valence-corrected chi connectivity index (χ3v) is 4.79. The van der Waals surface area contributed by atoms with Crippen molar-refractivity contribution in [1.29, 1.82) is 0 Å². The molecule has 30 heavy (non-hydrogen) atoms. The van der Waals surface area contributed by atoms with Crippen molar-refractivity contribution in [2.75, 3.05) is 7.11 Å². The topological polar surface area (TPSA) is 92.9 Å². The Morgan fingerprint density at radius 3 is 2.30 bits per heavy atom. The smallest absolute Gasteiger partial charge is 0.260 e. The van der Waals surface area contributed by atoms with Gasteiger partial charge in [-0.05, 0) is 48.0 Å². The molecule has 7 nitrogen and oxygen atoms in total. The molecule has 4 aromatic rings. The number of benzene rings is 3. The molecule has 0 aliphatic heterocycles. The predicted octanol–water partition coefficient (Wildman–Crippen LogP) is 3.02. The van der Waals surface area contributed by atoms with Crippen LogP contribution in [0.2, 0.25) is 0 Å². The number of fused-ring (bicyclic) bond motifs is 2. The Kier molecular flexibility index (Phi) is 5.17. The summed E-state index contributed by atoms with van der Waals surface area (Å²) in [5.41, 5.74) is 4.40. The van der Waals surface area contributed by atoms with Crippen molar-refractivity contribution < 1.29 is 14.6 Å². The molecular formula is C23H19N3O4. The highest BCUT2D eigenvalue weighted by Crippen LogP contribution is 2.25. The average Bonchev–Trinajstić information content (AvgIpc) is 2.77. The Bertz CT molecular complexity index is 1280. The third kappa shape index (κ3) is 3.60. The number of carbonyl (C=O) groups is 1. The number of rotatable bonds is 5. The number of phenolic OH excluding ortho intramolecular Hbond substituents is 1. The predicted molar refractivity (Wildman–Crippen MR) is 116 cm³/mol. The largest absolute Gasteiger partial charge is 0.504 e. The summed E-state index contributed by atoms with van der Waals surface area (Å²) in [7, 11) is 1.47. The number of aromatic hydroxyl groups is 1. The van der Waals surface area contributed by atoms with Crippen LogP contribution in [0.15, 0.2) is 76.6 Å². The number of aromatic nitrogens is 1. The Balaban J connectivity index is 1.61. The number of amides is 1. The van der Waals surface area contributed by atoms with Crippen LogP contribution in [0.4, 0.5) is 0 Å². The molecule has 0 bridgehead atoms. The molecule has 3 aromatic carbocycles. The number of phenols is 1. The number of hydrogen-bond donors (Lipinski definition) is 2. The molecule has 0 fully saturated rings. The average molecular weight is 401 g/mol. The molecule has 0 aliphatic rings. The van der Waals surface area contributed by atoms with E-state index in [9.17, 15) is 14.7 Å². The minimum Gasteiger partial charge on any atom is -0.504 e. The highest BCUT2D eigenvalue weighted by Gasteiger charge is 2.12. The van der Waals surface area contributed by atoms with Gasteiger partial charge in [0.1, 0.15) is 6.54 Å². The first-order valence-electron chi connectivity index (χ1n) is 9.27. The highest BCUT2D eigenvalue weighted by atomic mass is 16.5. The first-order chi connectivity index (χ1) is 14.6. The van der Waals surface area contributed by atoms with E-state index >= 15 is 0 Å². The lowest BCUT2D eigenvalue weighted by Gasteiger charge is -2.14. The number of carbonyl (C=O) groups excluding carboxylic acids is 1. The fraction of sp³-hybridized carbons (Fsp3) is 0.0870. The normalized spacial score (nSPS) is 11.2. The summed E-state index contributed by atoms with van der Waals surface area (Å²) in [5.74, 6) is -0.00456. The van der Waals surface area contributed by atoms with Crippen molar-refractivity contribution in [3.05, 3.63) is 82.5 Å². The molecule has 150 valence electrons. The number of hydrazone groups is 1. The lowest BCUT2D eigenvalue weighted by molar-refractivity contribution is -0.121. The summed E-state index contributed by atoms with van der Waals surface area (Å²) in [6.45, 7) is -0.00743. The van der Waals surface area contributed by atoms with Crippen LogP contribution >= 0.6 is 0 Å². The van der Waals surface area contributed by atoms with Gasteiger partial charge in [0.25, 0.3) is 5.91 Å². The maximum absolute atomic E-state index is 12.8. The third-order valence-electron chi connectivity index (χ3n) is 4.79. The molecular weight excluding hydrogens is 382 g/mol. The van der Waals surface area contributed by atoms with Crippen LogP contribution in [-0.2, 0) is 11.3 Å². The van der Waals surface area contributed by atoms with E-state index in [1.807, 2.05) is 24.3 Å². The molecule has 4 rings (SSSR count). The summed E-state index contributed by atoms with van der Waals surface area (Å²) >= 11 is 0. The number of pyridine rings is 1. The van der Waals surface area contributed by atoms with E-state index < -0.39 is 0 Å². The number of methoxy groups -OCH3 is 1. The molecule has 7 heteroatoms. The first-order valence-corrected chi connectivity index (χ1v) is 9.27. The number of nitrogens with zero attached hydrogens (tertiary/aromatic N) is 2. The minimum absolute atomic E-state index is 0.00743. The maximum atomic E-state index is 12.8. The van der Waals surface area contributed by atoms with Crippen molar-refractivity contribution in [3.8, 4) is 11.5 Å². The van der Waals surface area contributed by atoms with E-state index in [2.05, 4.69) is 10.5 Å². The maximum Gasteiger partial charge on any atom is 0.260 e. The van der Waals surface area contributed by atoms with E-state index in [4.69, 9.17) is 4.74 Å². The van der Waals surface area contributed by atoms with Gasteiger partial charge in [0.05, 0.1) is 24.4 Å². The lowest BCUT2D eigenvalue weighted by atomic mass is 10.1. The second-order valence-electron chi connectivity index (χ2n) is 6.67. The summed E-state index contributed by atoms with van der Waals surface area (Å²) < 4.78 is 6.80. The summed E-state index contributed by atoms with van der Waals surface area (Å²) in [6, 6.07) is 19.2. The van der Waals surface area contributed by atoms with Gasteiger partial charge in [0.2, 0.25) is 0 Å². The van der Waals surface area contributed by atoms with Gasteiger partial charge in [-0.25, -0.2) is 5.43 Å². The molecule has 1 aromatic heterocycles. The molecule has 2 N–H and O–H groups in total. The number of hydrogen-bond acceptors (Lipinski definition) is 5. The second-order valence-corrected chi connectivity index (χ2v) is 6.67. The van der Waals surface area contributed by atoms with E-state index in [0.29, 0.717) is 33.1 Å². The zero-order chi connectivity index (χ0) is 21.1. The molecule has 0 saturated carbocycles. The second kappa shape index (κ2) is 8.08. The van der Waals surface area contributed by atoms with Gasteiger partial charge in [0, 0.05) is 10.8 Å². The van der Waals surface area contributed by atoms with Gasteiger partial charge in [-0.15, -0.1) is 0 Å². The molecule has 1 amide bonds. The van der Waals surface area contributed by atoms with Crippen LogP contribution in [-0.4, -0.2) is 28.9 Å². The van der Waals surface area contributed by atoms with Gasteiger partial charge in [-0.2, -0.15) is 5.10 Å².